The number of carbonyl (C=O) groups is 1. The normalized spacial score (nSPS) is 10.3. The van der Waals surface area contributed by atoms with E-state index in [9.17, 15) is 4.79 Å². The molecule has 0 aliphatic carbocycles. The molecule has 0 aliphatic rings. The first-order chi connectivity index (χ1) is 9.81. The van der Waals surface area contributed by atoms with Crippen molar-refractivity contribution in [3.05, 3.63) is 23.8 Å². The molecule has 0 radical (unpaired) electrons. The molecule has 0 N–H and O–H groups in total. The molecule has 0 saturated heterocycles. The third kappa shape index (κ3) is 6.09. The van der Waals surface area contributed by atoms with Gasteiger partial charge in [0.05, 0.1) is 19.3 Å². The minimum Gasteiger partial charge on any atom is -0.497 e. The van der Waals surface area contributed by atoms with Crippen LogP contribution in [0.2, 0.25) is 0 Å². The van der Waals surface area contributed by atoms with Crippen molar-refractivity contribution in [2.24, 2.45) is 0 Å². The van der Waals surface area contributed by atoms with Gasteiger partial charge in [-0.1, -0.05) is 45.4 Å². The van der Waals surface area contributed by atoms with Gasteiger partial charge in [0.15, 0.2) is 6.29 Å². The third-order valence-electron chi connectivity index (χ3n) is 3.35. The van der Waals surface area contributed by atoms with Crippen LogP contribution in [0.3, 0.4) is 0 Å². The highest BCUT2D eigenvalue weighted by atomic mass is 16.5. The van der Waals surface area contributed by atoms with E-state index in [0.717, 1.165) is 12.7 Å². The molecule has 1 aromatic carbocycles. The number of carbonyl (C=O) groups excluding carboxylic acids is 1. The summed E-state index contributed by atoms with van der Waals surface area (Å²) >= 11 is 0. The van der Waals surface area contributed by atoms with Crippen LogP contribution in [0, 0.1) is 0 Å². The van der Waals surface area contributed by atoms with Crippen LogP contribution in [-0.2, 0) is 0 Å². The average Bonchev–Trinajstić information content (AvgIpc) is 2.49. The Hall–Kier alpha value is -1.51. The molecule has 1 aromatic rings. The van der Waals surface area contributed by atoms with E-state index >= 15 is 0 Å². The SMILES string of the molecule is CCCCCCCCCOc1cc(OC)ccc1C=O. The van der Waals surface area contributed by atoms with E-state index in [1.165, 1.54) is 38.5 Å². The summed E-state index contributed by atoms with van der Waals surface area (Å²) in [5, 5.41) is 0. The van der Waals surface area contributed by atoms with Gasteiger partial charge in [0.1, 0.15) is 11.5 Å². The van der Waals surface area contributed by atoms with Gasteiger partial charge >= 0.3 is 0 Å². The first kappa shape index (κ1) is 16.5. The number of ether oxygens (including phenoxy) is 2. The molecule has 0 bridgehead atoms. The summed E-state index contributed by atoms with van der Waals surface area (Å²) in [6, 6.07) is 5.27. The lowest BCUT2D eigenvalue weighted by Crippen LogP contribution is -2.00. The molecule has 0 aromatic heterocycles. The van der Waals surface area contributed by atoms with Crippen LogP contribution in [0.1, 0.15) is 62.2 Å². The van der Waals surface area contributed by atoms with Gasteiger partial charge in [-0.2, -0.15) is 0 Å². The van der Waals surface area contributed by atoms with Crippen LogP contribution in [0.4, 0.5) is 0 Å². The fraction of sp³-hybridized carbons (Fsp3) is 0.588. The summed E-state index contributed by atoms with van der Waals surface area (Å²) < 4.78 is 10.8. The Bertz CT molecular complexity index is 388. The Balaban J connectivity index is 2.25. The van der Waals surface area contributed by atoms with Crippen LogP contribution < -0.4 is 9.47 Å². The first-order valence-corrected chi connectivity index (χ1v) is 7.57. The summed E-state index contributed by atoms with van der Waals surface area (Å²) in [7, 11) is 1.61. The maximum Gasteiger partial charge on any atom is 0.153 e. The molecule has 0 amide bonds. The van der Waals surface area contributed by atoms with E-state index in [1.807, 2.05) is 0 Å². The molecule has 0 saturated carbocycles. The molecule has 0 aliphatic heterocycles. The minimum atomic E-state index is 0.578. The highest BCUT2D eigenvalue weighted by molar-refractivity contribution is 5.79. The Morgan fingerprint density at radius 2 is 1.75 bits per heavy atom. The van der Waals surface area contributed by atoms with Gasteiger partial charge in [0.25, 0.3) is 0 Å². The highest BCUT2D eigenvalue weighted by Gasteiger charge is 2.04. The monoisotopic (exact) mass is 278 g/mol. The number of rotatable bonds is 11. The molecular weight excluding hydrogens is 252 g/mol. The van der Waals surface area contributed by atoms with E-state index in [0.29, 0.717) is 23.7 Å². The van der Waals surface area contributed by atoms with Crippen molar-refractivity contribution in [3.8, 4) is 11.5 Å². The largest absolute Gasteiger partial charge is 0.497 e. The van der Waals surface area contributed by atoms with Gasteiger partial charge in [-0.15, -0.1) is 0 Å². The van der Waals surface area contributed by atoms with Crippen LogP contribution in [0.15, 0.2) is 18.2 Å². The predicted octanol–water partition coefficient (Wildman–Crippen LogP) is 4.64. The standard InChI is InChI=1S/C17H26O3/c1-3-4-5-6-7-8-9-12-20-17-13-16(19-2)11-10-15(17)14-18/h10-11,13-14H,3-9,12H2,1-2H3. The van der Waals surface area contributed by atoms with Gasteiger partial charge in [0, 0.05) is 6.07 Å². The minimum absolute atomic E-state index is 0.578. The lowest BCUT2D eigenvalue weighted by molar-refractivity contribution is 0.111. The zero-order chi connectivity index (χ0) is 14.6. The predicted molar refractivity (Wildman–Crippen MR) is 81.9 cm³/mol. The molecule has 0 unspecified atom stereocenters. The molecule has 0 heterocycles. The van der Waals surface area contributed by atoms with Gasteiger partial charge in [-0.25, -0.2) is 0 Å². The van der Waals surface area contributed by atoms with E-state index in [-0.39, 0.29) is 0 Å². The molecule has 0 fully saturated rings. The Morgan fingerprint density at radius 1 is 1.05 bits per heavy atom. The average molecular weight is 278 g/mol. The lowest BCUT2D eigenvalue weighted by Gasteiger charge is -2.10. The summed E-state index contributed by atoms with van der Waals surface area (Å²) in [6.45, 7) is 2.88. The second kappa shape index (κ2) is 10.3. The smallest absolute Gasteiger partial charge is 0.153 e. The molecule has 3 nitrogen and oxygen atoms in total. The molecule has 0 atom stereocenters. The maximum absolute atomic E-state index is 10.9. The fourth-order valence-electron chi connectivity index (χ4n) is 2.11. The second-order valence-corrected chi connectivity index (χ2v) is 4.99. The molecule has 1 rings (SSSR count). The van der Waals surface area contributed by atoms with E-state index < -0.39 is 0 Å². The number of hydrogen-bond donors (Lipinski definition) is 0. The van der Waals surface area contributed by atoms with Crippen molar-refractivity contribution in [2.75, 3.05) is 13.7 Å². The zero-order valence-corrected chi connectivity index (χ0v) is 12.7. The van der Waals surface area contributed by atoms with Gasteiger partial charge < -0.3 is 9.47 Å². The molecule has 20 heavy (non-hydrogen) atoms. The second-order valence-electron chi connectivity index (χ2n) is 4.99. The van der Waals surface area contributed by atoms with Crippen molar-refractivity contribution >= 4 is 6.29 Å². The van der Waals surface area contributed by atoms with Crippen molar-refractivity contribution in [1.82, 2.24) is 0 Å². The number of benzene rings is 1. The number of methoxy groups -OCH3 is 1. The van der Waals surface area contributed by atoms with Crippen LogP contribution in [0.5, 0.6) is 11.5 Å². The van der Waals surface area contributed by atoms with Crippen LogP contribution >= 0.6 is 0 Å². The number of unbranched alkanes of at least 4 members (excludes halogenated alkanes) is 6. The Morgan fingerprint density at radius 3 is 2.40 bits per heavy atom. The first-order valence-electron chi connectivity index (χ1n) is 7.57. The molecule has 0 spiro atoms. The van der Waals surface area contributed by atoms with Gasteiger partial charge in [0.2, 0.25) is 0 Å². The van der Waals surface area contributed by atoms with Gasteiger partial charge in [-0.05, 0) is 18.6 Å². The molecule has 112 valence electrons. The summed E-state index contributed by atoms with van der Waals surface area (Å²) in [5.41, 5.74) is 0.578. The summed E-state index contributed by atoms with van der Waals surface area (Å²) in [6.07, 6.45) is 9.57. The fourth-order valence-corrected chi connectivity index (χ4v) is 2.11. The van der Waals surface area contributed by atoms with E-state index in [1.54, 1.807) is 25.3 Å². The van der Waals surface area contributed by atoms with Crippen LogP contribution in [0.25, 0.3) is 0 Å². The Labute approximate surface area is 122 Å². The van der Waals surface area contributed by atoms with Crippen molar-refractivity contribution in [3.63, 3.8) is 0 Å². The summed E-state index contributed by atoms with van der Waals surface area (Å²) in [4.78, 5) is 10.9. The van der Waals surface area contributed by atoms with Crippen molar-refractivity contribution in [1.29, 1.82) is 0 Å². The number of aldehydes is 1. The van der Waals surface area contributed by atoms with Crippen molar-refractivity contribution in [2.45, 2.75) is 51.9 Å². The molecular formula is C17H26O3. The topological polar surface area (TPSA) is 35.5 Å². The van der Waals surface area contributed by atoms with E-state index in [4.69, 9.17) is 9.47 Å². The van der Waals surface area contributed by atoms with Crippen LogP contribution in [-0.4, -0.2) is 20.0 Å². The zero-order valence-electron chi connectivity index (χ0n) is 12.7. The summed E-state index contributed by atoms with van der Waals surface area (Å²) in [5.74, 6) is 1.33. The maximum atomic E-state index is 10.9. The number of hydrogen-bond acceptors (Lipinski definition) is 3. The Kier molecular flexibility index (Phi) is 8.52. The highest BCUT2D eigenvalue weighted by Crippen LogP contribution is 2.23. The van der Waals surface area contributed by atoms with Gasteiger partial charge in [-0.3, -0.25) is 4.79 Å². The third-order valence-corrected chi connectivity index (χ3v) is 3.35. The van der Waals surface area contributed by atoms with E-state index in [2.05, 4.69) is 6.92 Å². The quantitative estimate of drug-likeness (QED) is 0.437. The lowest BCUT2D eigenvalue weighted by atomic mass is 10.1. The molecule has 3 heteroatoms. The van der Waals surface area contributed by atoms with Crippen molar-refractivity contribution < 1.29 is 14.3 Å².